The van der Waals surface area contributed by atoms with Crippen LogP contribution in [0, 0.1) is 12.3 Å². The molecule has 1 aliphatic heterocycles. The zero-order chi connectivity index (χ0) is 13.9. The molecule has 0 unspecified atom stereocenters. The van der Waals surface area contributed by atoms with Gasteiger partial charge in [-0.2, -0.15) is 0 Å². The predicted octanol–water partition coefficient (Wildman–Crippen LogP) is 2.25. The zero-order valence-electron chi connectivity index (χ0n) is 11.5. The molecule has 2 N–H and O–H groups in total. The van der Waals surface area contributed by atoms with Crippen molar-refractivity contribution in [3.8, 4) is 5.75 Å². The summed E-state index contributed by atoms with van der Waals surface area (Å²) in [6.07, 6.45) is 1.90. The Balaban J connectivity index is 1.97. The number of phenolic OH excluding ortho intramolecular Hbond substituents is 1. The summed E-state index contributed by atoms with van der Waals surface area (Å²) in [5.74, 6) is -0.181. The number of aromatic hydroxyl groups is 1. The second-order valence-electron chi connectivity index (χ2n) is 5.63. The molecule has 0 radical (unpaired) electrons. The van der Waals surface area contributed by atoms with E-state index in [9.17, 15) is 9.90 Å². The number of benzene rings is 1. The van der Waals surface area contributed by atoms with E-state index in [0.29, 0.717) is 12.1 Å². The molecule has 1 saturated heterocycles. The van der Waals surface area contributed by atoms with Crippen molar-refractivity contribution in [2.75, 3.05) is 19.8 Å². The molecule has 1 aromatic carbocycles. The molecule has 104 valence electrons. The summed E-state index contributed by atoms with van der Waals surface area (Å²) >= 11 is 0. The third kappa shape index (κ3) is 3.47. The van der Waals surface area contributed by atoms with Crippen LogP contribution in [0.4, 0.5) is 0 Å². The van der Waals surface area contributed by atoms with Crippen molar-refractivity contribution in [3.05, 3.63) is 29.3 Å². The number of ether oxygens (including phenoxy) is 1. The summed E-state index contributed by atoms with van der Waals surface area (Å²) in [6.45, 7) is 6.15. The van der Waals surface area contributed by atoms with Crippen LogP contribution in [0.5, 0.6) is 5.75 Å². The van der Waals surface area contributed by atoms with Gasteiger partial charge >= 0.3 is 0 Å². The summed E-state index contributed by atoms with van der Waals surface area (Å²) in [5.41, 5.74) is 1.36. The van der Waals surface area contributed by atoms with Crippen LogP contribution in [-0.2, 0) is 4.74 Å². The smallest absolute Gasteiger partial charge is 0.255 e. The van der Waals surface area contributed by atoms with Crippen LogP contribution in [0.2, 0.25) is 0 Å². The molecule has 0 atom stereocenters. The lowest BCUT2D eigenvalue weighted by atomic mass is 9.82. The largest absolute Gasteiger partial charge is 0.507 e. The van der Waals surface area contributed by atoms with Crippen LogP contribution in [0.1, 0.15) is 35.7 Å². The van der Waals surface area contributed by atoms with Gasteiger partial charge in [0.1, 0.15) is 5.75 Å². The number of hydrogen-bond acceptors (Lipinski definition) is 3. The molecule has 0 bridgehead atoms. The number of amides is 1. The highest BCUT2D eigenvalue weighted by Crippen LogP contribution is 2.29. The molecule has 19 heavy (non-hydrogen) atoms. The van der Waals surface area contributed by atoms with Gasteiger partial charge in [0.05, 0.1) is 5.56 Å². The molecule has 0 aromatic heterocycles. The van der Waals surface area contributed by atoms with Gasteiger partial charge in [-0.15, -0.1) is 0 Å². The fourth-order valence-electron chi connectivity index (χ4n) is 2.26. The van der Waals surface area contributed by atoms with Gasteiger partial charge in [-0.05, 0) is 42.9 Å². The average Bonchev–Trinajstić information content (AvgIpc) is 2.37. The quantitative estimate of drug-likeness (QED) is 0.879. The van der Waals surface area contributed by atoms with Gasteiger partial charge in [0.25, 0.3) is 5.91 Å². The fraction of sp³-hybridized carbons (Fsp3) is 0.533. The standard InChI is InChI=1S/C15H21NO3/c1-11-3-4-12(13(17)9-11)14(18)16-10-15(2)5-7-19-8-6-15/h3-4,9,17H,5-8,10H2,1-2H3,(H,16,18). The molecule has 4 nitrogen and oxygen atoms in total. The monoisotopic (exact) mass is 263 g/mol. The van der Waals surface area contributed by atoms with Crippen molar-refractivity contribution >= 4 is 5.91 Å². The SMILES string of the molecule is Cc1ccc(C(=O)NCC2(C)CCOCC2)c(O)c1. The van der Waals surface area contributed by atoms with Crippen molar-refractivity contribution in [2.45, 2.75) is 26.7 Å². The molecule has 4 heteroatoms. The number of carbonyl (C=O) groups excluding carboxylic acids is 1. The molecule has 2 rings (SSSR count). The summed E-state index contributed by atoms with van der Waals surface area (Å²) in [4.78, 5) is 12.1. The first-order valence-corrected chi connectivity index (χ1v) is 6.66. The van der Waals surface area contributed by atoms with Crippen molar-refractivity contribution in [2.24, 2.45) is 5.41 Å². The second-order valence-corrected chi connectivity index (χ2v) is 5.63. The average molecular weight is 263 g/mol. The summed E-state index contributed by atoms with van der Waals surface area (Å²) in [7, 11) is 0. The lowest BCUT2D eigenvalue weighted by molar-refractivity contribution is 0.0238. The Kier molecular flexibility index (Phi) is 4.10. The predicted molar refractivity (Wildman–Crippen MR) is 73.3 cm³/mol. The Morgan fingerprint density at radius 2 is 2.11 bits per heavy atom. The van der Waals surface area contributed by atoms with E-state index >= 15 is 0 Å². The maximum Gasteiger partial charge on any atom is 0.255 e. The van der Waals surface area contributed by atoms with Gasteiger partial charge in [-0.3, -0.25) is 4.79 Å². The van der Waals surface area contributed by atoms with Crippen molar-refractivity contribution < 1.29 is 14.6 Å². The van der Waals surface area contributed by atoms with Gasteiger partial charge in [0, 0.05) is 19.8 Å². The number of hydrogen-bond donors (Lipinski definition) is 2. The first-order valence-electron chi connectivity index (χ1n) is 6.66. The van der Waals surface area contributed by atoms with Crippen LogP contribution in [0.25, 0.3) is 0 Å². The topological polar surface area (TPSA) is 58.6 Å². The van der Waals surface area contributed by atoms with Crippen LogP contribution in [-0.4, -0.2) is 30.8 Å². The number of aryl methyl sites for hydroxylation is 1. The molecule has 1 amide bonds. The minimum absolute atomic E-state index is 0.0367. The van der Waals surface area contributed by atoms with E-state index in [2.05, 4.69) is 12.2 Å². The van der Waals surface area contributed by atoms with E-state index in [0.717, 1.165) is 31.6 Å². The number of rotatable bonds is 3. The first-order chi connectivity index (χ1) is 9.00. The van der Waals surface area contributed by atoms with Crippen molar-refractivity contribution in [1.29, 1.82) is 0 Å². The second kappa shape index (κ2) is 5.61. The highest BCUT2D eigenvalue weighted by atomic mass is 16.5. The van der Waals surface area contributed by atoms with E-state index in [1.807, 2.05) is 13.0 Å². The molecule has 0 saturated carbocycles. The highest BCUT2D eigenvalue weighted by molar-refractivity contribution is 5.96. The van der Waals surface area contributed by atoms with Crippen LogP contribution < -0.4 is 5.32 Å². The molecular weight excluding hydrogens is 242 g/mol. The van der Waals surface area contributed by atoms with E-state index in [1.54, 1.807) is 12.1 Å². The number of nitrogens with one attached hydrogen (secondary N) is 1. The van der Waals surface area contributed by atoms with E-state index < -0.39 is 0 Å². The fourth-order valence-corrected chi connectivity index (χ4v) is 2.26. The highest BCUT2D eigenvalue weighted by Gasteiger charge is 2.28. The summed E-state index contributed by atoms with van der Waals surface area (Å²) < 4.78 is 5.34. The third-order valence-corrected chi connectivity index (χ3v) is 3.77. The number of phenols is 1. The molecule has 1 heterocycles. The Morgan fingerprint density at radius 3 is 2.74 bits per heavy atom. The molecule has 0 spiro atoms. The lowest BCUT2D eigenvalue weighted by Crippen LogP contribution is -2.39. The summed E-state index contributed by atoms with van der Waals surface area (Å²) in [5, 5.41) is 12.7. The van der Waals surface area contributed by atoms with Crippen LogP contribution in [0.3, 0.4) is 0 Å². The minimum Gasteiger partial charge on any atom is -0.507 e. The van der Waals surface area contributed by atoms with Crippen molar-refractivity contribution in [1.82, 2.24) is 5.32 Å². The van der Waals surface area contributed by atoms with E-state index in [1.165, 1.54) is 0 Å². The maximum atomic E-state index is 12.1. The Morgan fingerprint density at radius 1 is 1.42 bits per heavy atom. The minimum atomic E-state index is -0.217. The molecule has 0 aliphatic carbocycles. The Labute approximate surface area is 113 Å². The van der Waals surface area contributed by atoms with Crippen LogP contribution >= 0.6 is 0 Å². The van der Waals surface area contributed by atoms with Gasteiger partial charge in [0.2, 0.25) is 0 Å². The molecule has 1 aromatic rings. The molecule has 1 aliphatic rings. The number of carbonyl (C=O) groups is 1. The summed E-state index contributed by atoms with van der Waals surface area (Å²) in [6, 6.07) is 5.09. The van der Waals surface area contributed by atoms with Gasteiger partial charge in [-0.1, -0.05) is 13.0 Å². The Bertz CT molecular complexity index is 464. The Hall–Kier alpha value is -1.55. The van der Waals surface area contributed by atoms with Crippen molar-refractivity contribution in [3.63, 3.8) is 0 Å². The van der Waals surface area contributed by atoms with Gasteiger partial charge in [-0.25, -0.2) is 0 Å². The van der Waals surface area contributed by atoms with Gasteiger partial charge < -0.3 is 15.2 Å². The molecular formula is C15H21NO3. The molecule has 1 fully saturated rings. The van der Waals surface area contributed by atoms with Crippen LogP contribution in [0.15, 0.2) is 18.2 Å². The van der Waals surface area contributed by atoms with E-state index in [4.69, 9.17) is 4.74 Å². The normalized spacial score (nSPS) is 18.0. The first kappa shape index (κ1) is 13.9. The zero-order valence-corrected chi connectivity index (χ0v) is 11.5. The lowest BCUT2D eigenvalue weighted by Gasteiger charge is -2.33. The van der Waals surface area contributed by atoms with Gasteiger partial charge in [0.15, 0.2) is 0 Å². The van der Waals surface area contributed by atoms with E-state index in [-0.39, 0.29) is 17.1 Å². The maximum absolute atomic E-state index is 12.1. The third-order valence-electron chi connectivity index (χ3n) is 3.77.